The van der Waals surface area contributed by atoms with Gasteiger partial charge in [0.15, 0.2) is 0 Å². The predicted molar refractivity (Wildman–Crippen MR) is 123 cm³/mol. The highest BCUT2D eigenvalue weighted by Gasteiger charge is 2.36. The average Bonchev–Trinajstić information content (AvgIpc) is 2.64. The Morgan fingerprint density at radius 3 is 2.71 bits per heavy atom. The average molecular weight is 395 g/mol. The fourth-order valence-corrected chi connectivity index (χ4v) is 5.62. The second-order valence-electron chi connectivity index (χ2n) is 9.06. The molecule has 0 fully saturated rings. The largest absolute Gasteiger partial charge is 0.366 e. The number of benzene rings is 2. The van der Waals surface area contributed by atoms with Crippen LogP contribution >= 0.6 is 11.3 Å². The highest BCUT2D eigenvalue weighted by Crippen LogP contribution is 2.46. The summed E-state index contributed by atoms with van der Waals surface area (Å²) in [5.41, 5.74) is 5.31. The summed E-state index contributed by atoms with van der Waals surface area (Å²) in [6.45, 7) is 10.6. The molecule has 0 N–H and O–H groups in total. The number of unbranched alkanes of at least 4 members (excludes halogenated alkanes) is 1. The molecule has 1 aromatic carbocycles. The zero-order valence-corrected chi connectivity index (χ0v) is 18.9. The Kier molecular flexibility index (Phi) is 4.95. The van der Waals surface area contributed by atoms with E-state index in [0.717, 1.165) is 17.8 Å². The summed E-state index contributed by atoms with van der Waals surface area (Å²) < 4.78 is 3.44. The third-order valence-electron chi connectivity index (χ3n) is 6.12. The van der Waals surface area contributed by atoms with E-state index in [4.69, 9.17) is 4.98 Å². The normalized spacial score (nSPS) is 18.5. The zero-order chi connectivity index (χ0) is 20.1. The number of nitrogens with zero attached hydrogens (tertiary/aromatic N) is 3. The maximum absolute atomic E-state index is 5.02. The summed E-state index contributed by atoms with van der Waals surface area (Å²) in [4.78, 5) is 8.92. The van der Waals surface area contributed by atoms with Crippen molar-refractivity contribution in [2.24, 2.45) is 0 Å². The second kappa shape index (κ2) is 7.14. The van der Waals surface area contributed by atoms with Crippen LogP contribution in [-0.2, 0) is 0 Å². The van der Waals surface area contributed by atoms with Gasteiger partial charge in [-0.2, -0.15) is 0 Å². The summed E-state index contributed by atoms with van der Waals surface area (Å²) in [5, 5.41) is 1.22. The zero-order valence-electron chi connectivity index (χ0n) is 18.0. The van der Waals surface area contributed by atoms with E-state index in [-0.39, 0.29) is 5.54 Å². The van der Waals surface area contributed by atoms with E-state index in [9.17, 15) is 0 Å². The lowest BCUT2D eigenvalue weighted by molar-refractivity contribution is 0.374. The third kappa shape index (κ3) is 3.32. The maximum atomic E-state index is 5.02. The van der Waals surface area contributed by atoms with Gasteiger partial charge >= 0.3 is 0 Å². The Balaban J connectivity index is 1.94. The minimum absolute atomic E-state index is 0.197. The molecule has 2 aliphatic heterocycles. The molecular formula is C24H32N3S+. The molecule has 3 aliphatic rings. The van der Waals surface area contributed by atoms with E-state index < -0.39 is 0 Å². The quantitative estimate of drug-likeness (QED) is 0.442. The van der Waals surface area contributed by atoms with Gasteiger partial charge in [-0.1, -0.05) is 20.3 Å². The van der Waals surface area contributed by atoms with E-state index in [0.29, 0.717) is 5.92 Å². The molecule has 1 atom stereocenters. The van der Waals surface area contributed by atoms with Crippen LogP contribution in [0.1, 0.15) is 58.4 Å². The Morgan fingerprint density at radius 1 is 1.21 bits per heavy atom. The first-order valence-corrected chi connectivity index (χ1v) is 11.3. The molecule has 1 aromatic rings. The summed E-state index contributed by atoms with van der Waals surface area (Å²) in [6.07, 6.45) is 3.66. The minimum Gasteiger partial charge on any atom is -0.366 e. The minimum atomic E-state index is 0.197. The number of anilines is 1. The van der Waals surface area contributed by atoms with Gasteiger partial charge in [0, 0.05) is 29.9 Å². The molecule has 2 heterocycles. The van der Waals surface area contributed by atoms with Crippen molar-refractivity contribution in [2.45, 2.75) is 58.4 Å². The first kappa shape index (κ1) is 19.4. The SMILES string of the molecule is CCCCN1c2cc3sc4cc(=[N+](C)C)ccc-4nc3cc2C(C)CC1(C)C. The molecule has 0 saturated carbocycles. The number of fused-ring (bicyclic) bond motifs is 3. The van der Waals surface area contributed by atoms with Crippen LogP contribution in [0.2, 0.25) is 0 Å². The van der Waals surface area contributed by atoms with Crippen LogP contribution in [0.25, 0.3) is 20.8 Å². The number of rotatable bonds is 3. The molecule has 1 unspecified atom stereocenters. The first-order valence-electron chi connectivity index (χ1n) is 10.5. The van der Waals surface area contributed by atoms with E-state index >= 15 is 0 Å². The Labute approximate surface area is 172 Å². The van der Waals surface area contributed by atoms with E-state index in [1.165, 1.54) is 45.4 Å². The summed E-state index contributed by atoms with van der Waals surface area (Å²) in [7, 11) is 4.18. The predicted octanol–water partition coefficient (Wildman–Crippen LogP) is 5.33. The van der Waals surface area contributed by atoms with Crippen molar-refractivity contribution < 1.29 is 0 Å². The van der Waals surface area contributed by atoms with Gasteiger partial charge in [-0.05, 0) is 56.4 Å². The van der Waals surface area contributed by atoms with Crippen molar-refractivity contribution in [3.05, 3.63) is 41.3 Å². The van der Waals surface area contributed by atoms with Gasteiger partial charge in [0.2, 0.25) is 5.36 Å². The number of hydrogen-bond acceptors (Lipinski definition) is 3. The van der Waals surface area contributed by atoms with Crippen molar-refractivity contribution in [1.82, 2.24) is 9.56 Å². The van der Waals surface area contributed by atoms with E-state index in [1.807, 2.05) is 11.3 Å². The van der Waals surface area contributed by atoms with Crippen LogP contribution < -0.4 is 14.8 Å². The van der Waals surface area contributed by atoms with Gasteiger partial charge in [0.1, 0.15) is 14.1 Å². The maximum Gasteiger partial charge on any atom is 0.201 e. The summed E-state index contributed by atoms with van der Waals surface area (Å²) in [5.74, 6) is 0.561. The van der Waals surface area contributed by atoms with Crippen molar-refractivity contribution in [1.29, 1.82) is 0 Å². The van der Waals surface area contributed by atoms with Crippen molar-refractivity contribution in [3.8, 4) is 10.6 Å². The monoisotopic (exact) mass is 394 g/mol. The van der Waals surface area contributed by atoms with Gasteiger partial charge in [-0.15, -0.1) is 11.3 Å². The standard InChI is InChI=1S/C24H32N3S/c1-7-8-11-27-21-14-23-20(13-18(21)16(2)15-24(27,3)4)25-19-10-9-17(26(5)6)12-22(19)28-23/h9-10,12-14,16H,7-8,11,15H2,1-6H3/q+1. The molecule has 0 saturated heterocycles. The van der Waals surface area contributed by atoms with Crippen LogP contribution in [0.15, 0.2) is 30.3 Å². The first-order chi connectivity index (χ1) is 13.3. The molecule has 1 aliphatic carbocycles. The lowest BCUT2D eigenvalue weighted by Gasteiger charge is -2.47. The number of hydrogen-bond donors (Lipinski definition) is 0. The molecule has 148 valence electrons. The van der Waals surface area contributed by atoms with Crippen LogP contribution in [-0.4, -0.2) is 31.2 Å². The molecule has 0 radical (unpaired) electrons. The molecule has 0 amide bonds. The fourth-order valence-electron chi connectivity index (χ4n) is 4.61. The molecule has 0 aromatic heterocycles. The van der Waals surface area contributed by atoms with Crippen molar-refractivity contribution >= 4 is 27.2 Å². The lowest BCUT2D eigenvalue weighted by Crippen LogP contribution is -2.48. The van der Waals surface area contributed by atoms with Gasteiger partial charge < -0.3 is 4.90 Å². The highest BCUT2D eigenvalue weighted by atomic mass is 32.1. The second-order valence-corrected chi connectivity index (χ2v) is 10.1. The smallest absolute Gasteiger partial charge is 0.201 e. The van der Waals surface area contributed by atoms with E-state index in [1.54, 1.807) is 0 Å². The Hall–Kier alpha value is -1.94. The molecule has 0 spiro atoms. The van der Waals surface area contributed by atoms with Gasteiger partial charge in [0.25, 0.3) is 0 Å². The van der Waals surface area contributed by atoms with Gasteiger partial charge in [0.05, 0.1) is 20.8 Å². The van der Waals surface area contributed by atoms with Crippen molar-refractivity contribution in [2.75, 3.05) is 25.5 Å². The molecule has 4 heteroatoms. The third-order valence-corrected chi connectivity index (χ3v) is 7.22. The molecule has 4 rings (SSSR count). The van der Waals surface area contributed by atoms with Crippen LogP contribution in [0.3, 0.4) is 0 Å². The van der Waals surface area contributed by atoms with Crippen LogP contribution in [0.4, 0.5) is 5.69 Å². The van der Waals surface area contributed by atoms with Crippen molar-refractivity contribution in [3.63, 3.8) is 0 Å². The Bertz CT molecular complexity index is 1060. The van der Waals surface area contributed by atoms with Crippen LogP contribution in [0, 0.1) is 0 Å². The molecular weight excluding hydrogens is 362 g/mol. The number of aromatic nitrogens is 1. The van der Waals surface area contributed by atoms with Gasteiger partial charge in [-0.3, -0.25) is 0 Å². The summed E-state index contributed by atoms with van der Waals surface area (Å²) in [6, 6.07) is 11.3. The fraction of sp³-hybridized carbons (Fsp3) is 0.500. The van der Waals surface area contributed by atoms with Crippen LogP contribution in [0.5, 0.6) is 0 Å². The molecule has 28 heavy (non-hydrogen) atoms. The highest BCUT2D eigenvalue weighted by molar-refractivity contribution is 7.21. The lowest BCUT2D eigenvalue weighted by atomic mass is 9.80. The Morgan fingerprint density at radius 2 is 2.00 bits per heavy atom. The van der Waals surface area contributed by atoms with Gasteiger partial charge in [-0.25, -0.2) is 9.56 Å². The van der Waals surface area contributed by atoms with E-state index in [2.05, 4.69) is 81.6 Å². The topological polar surface area (TPSA) is 19.1 Å². The molecule has 0 bridgehead atoms. The summed E-state index contributed by atoms with van der Waals surface area (Å²) >= 11 is 1.87. The molecule has 3 nitrogen and oxygen atoms in total.